The van der Waals surface area contributed by atoms with Gasteiger partial charge in [0.25, 0.3) is 5.91 Å². The number of esters is 1. The zero-order valence-electron chi connectivity index (χ0n) is 17.2. The lowest BCUT2D eigenvalue weighted by atomic mass is 10.2. The number of carbonyl (C=O) groups is 2. The molecule has 0 aliphatic carbocycles. The lowest BCUT2D eigenvalue weighted by Crippen LogP contribution is -2.36. The number of hydrogen-bond donors (Lipinski definition) is 1. The van der Waals surface area contributed by atoms with E-state index in [0.29, 0.717) is 0 Å². The zero-order valence-corrected chi connectivity index (χ0v) is 18.0. The van der Waals surface area contributed by atoms with Crippen LogP contribution < -0.4 is 4.72 Å². The van der Waals surface area contributed by atoms with Gasteiger partial charge in [0.1, 0.15) is 0 Å². The van der Waals surface area contributed by atoms with E-state index in [1.54, 1.807) is 24.3 Å². The van der Waals surface area contributed by atoms with Crippen LogP contribution in [0.3, 0.4) is 0 Å². The van der Waals surface area contributed by atoms with Gasteiger partial charge in [-0.2, -0.15) is 10.5 Å². The van der Waals surface area contributed by atoms with Crippen molar-refractivity contribution in [2.24, 2.45) is 0 Å². The highest BCUT2D eigenvalue weighted by Crippen LogP contribution is 2.13. The lowest BCUT2D eigenvalue weighted by molar-refractivity contribution is -0.134. The maximum atomic E-state index is 12.6. The molecule has 0 radical (unpaired) electrons. The minimum absolute atomic E-state index is 0.0269. The van der Waals surface area contributed by atoms with Gasteiger partial charge in [-0.25, -0.2) is 17.9 Å². The van der Waals surface area contributed by atoms with Gasteiger partial charge in [-0.3, -0.25) is 4.79 Å². The molecular formula is C22H22N4O5S. The fraction of sp³-hybridized carbons (Fsp3) is 0.273. The molecule has 2 aromatic carbocycles. The van der Waals surface area contributed by atoms with E-state index in [1.807, 2.05) is 18.2 Å². The van der Waals surface area contributed by atoms with Gasteiger partial charge in [0.05, 0.1) is 35.4 Å². The molecule has 1 amide bonds. The van der Waals surface area contributed by atoms with Crippen molar-refractivity contribution in [1.29, 1.82) is 10.5 Å². The minimum atomic E-state index is -3.87. The van der Waals surface area contributed by atoms with Crippen LogP contribution in [0.15, 0.2) is 59.5 Å². The number of ether oxygens (including phenoxy) is 1. The number of sulfonamides is 1. The Bertz CT molecular complexity index is 1100. The molecule has 0 unspecified atom stereocenters. The molecular weight excluding hydrogens is 432 g/mol. The molecule has 0 aliphatic rings. The van der Waals surface area contributed by atoms with Crippen LogP contribution in [0.5, 0.6) is 0 Å². The highest BCUT2D eigenvalue weighted by Gasteiger charge is 2.19. The van der Waals surface area contributed by atoms with Crippen LogP contribution in [0.4, 0.5) is 0 Å². The summed E-state index contributed by atoms with van der Waals surface area (Å²) in [6.07, 6.45) is 0.169. The number of hydrogen-bond acceptors (Lipinski definition) is 7. The second-order valence-electron chi connectivity index (χ2n) is 6.61. The summed E-state index contributed by atoms with van der Waals surface area (Å²) in [5.41, 5.74) is 0.753. The second-order valence-corrected chi connectivity index (χ2v) is 8.38. The highest BCUT2D eigenvalue weighted by molar-refractivity contribution is 7.89. The van der Waals surface area contributed by atoms with Crippen LogP contribution >= 0.6 is 0 Å². The number of nitrogens with one attached hydrogen (secondary N) is 1. The zero-order chi connectivity index (χ0) is 23.4. The second kappa shape index (κ2) is 12.2. The third kappa shape index (κ3) is 7.51. The molecule has 9 nitrogen and oxygen atoms in total. The first kappa shape index (κ1) is 24.5. The monoisotopic (exact) mass is 454 g/mol. The molecule has 0 aromatic heterocycles. The normalized spacial score (nSPS) is 10.6. The first-order chi connectivity index (χ1) is 15.4. The molecule has 166 valence electrons. The van der Waals surface area contributed by atoms with E-state index in [0.717, 1.165) is 5.56 Å². The van der Waals surface area contributed by atoms with Gasteiger partial charge in [0.2, 0.25) is 10.0 Å². The predicted molar refractivity (Wildman–Crippen MR) is 114 cm³/mol. The summed E-state index contributed by atoms with van der Waals surface area (Å²) in [4.78, 5) is 25.8. The van der Waals surface area contributed by atoms with Gasteiger partial charge >= 0.3 is 5.97 Å². The summed E-state index contributed by atoms with van der Waals surface area (Å²) in [6, 6.07) is 18.1. The topological polar surface area (TPSA) is 140 Å². The molecule has 0 atom stereocenters. The first-order valence-corrected chi connectivity index (χ1v) is 11.2. The smallest absolute Gasteiger partial charge is 0.338 e. The molecule has 0 saturated heterocycles. The van der Waals surface area contributed by atoms with Crippen LogP contribution in [0.25, 0.3) is 0 Å². The molecule has 1 N–H and O–H groups in total. The van der Waals surface area contributed by atoms with E-state index >= 15 is 0 Å². The van der Waals surface area contributed by atoms with Crippen molar-refractivity contribution >= 4 is 21.9 Å². The van der Waals surface area contributed by atoms with Crippen molar-refractivity contribution in [3.63, 3.8) is 0 Å². The molecule has 0 saturated carbocycles. The maximum absolute atomic E-state index is 12.6. The fourth-order valence-electron chi connectivity index (χ4n) is 2.68. The maximum Gasteiger partial charge on any atom is 0.338 e. The van der Waals surface area contributed by atoms with Gasteiger partial charge in [-0.05, 0) is 23.8 Å². The van der Waals surface area contributed by atoms with Gasteiger partial charge in [-0.15, -0.1) is 0 Å². The van der Waals surface area contributed by atoms with E-state index in [-0.39, 0.29) is 42.9 Å². The number of nitrogens with zero attached hydrogens (tertiary/aromatic N) is 3. The van der Waals surface area contributed by atoms with Crippen molar-refractivity contribution < 1.29 is 22.7 Å². The van der Waals surface area contributed by atoms with E-state index in [9.17, 15) is 18.0 Å². The van der Waals surface area contributed by atoms with Crippen LogP contribution in [-0.2, 0) is 26.1 Å². The average Bonchev–Trinajstić information content (AvgIpc) is 2.82. The number of benzene rings is 2. The summed E-state index contributed by atoms with van der Waals surface area (Å²) < 4.78 is 32.6. The Kier molecular flexibility index (Phi) is 9.36. The van der Waals surface area contributed by atoms with Gasteiger partial charge in [0, 0.05) is 19.6 Å². The Balaban J connectivity index is 2.00. The van der Waals surface area contributed by atoms with E-state index < -0.39 is 28.5 Å². The third-order valence-electron chi connectivity index (χ3n) is 4.36. The molecule has 0 spiro atoms. The van der Waals surface area contributed by atoms with Crippen LogP contribution in [-0.4, -0.2) is 44.9 Å². The Labute approximate surface area is 186 Å². The largest absolute Gasteiger partial charge is 0.452 e. The molecule has 32 heavy (non-hydrogen) atoms. The van der Waals surface area contributed by atoms with Gasteiger partial charge < -0.3 is 9.64 Å². The Morgan fingerprint density at radius 1 is 0.969 bits per heavy atom. The summed E-state index contributed by atoms with van der Waals surface area (Å²) in [5, 5.41) is 17.4. The number of nitriles is 2. The molecule has 2 aromatic rings. The van der Waals surface area contributed by atoms with Crippen molar-refractivity contribution in [1.82, 2.24) is 9.62 Å². The Morgan fingerprint density at radius 2 is 1.62 bits per heavy atom. The summed E-state index contributed by atoms with van der Waals surface area (Å²) in [6.45, 7) is -0.253. The van der Waals surface area contributed by atoms with Crippen LogP contribution in [0, 0.1) is 22.7 Å². The number of carbonyl (C=O) groups excluding carboxylic acids is 2. The Morgan fingerprint density at radius 3 is 2.25 bits per heavy atom. The molecule has 0 heterocycles. The third-order valence-corrected chi connectivity index (χ3v) is 5.75. The molecule has 10 heteroatoms. The van der Waals surface area contributed by atoms with E-state index in [4.69, 9.17) is 15.3 Å². The fourth-order valence-corrected chi connectivity index (χ4v) is 3.74. The first-order valence-electron chi connectivity index (χ1n) is 9.70. The van der Waals surface area contributed by atoms with Crippen molar-refractivity contribution in [3.05, 3.63) is 65.7 Å². The molecule has 0 aliphatic heterocycles. The standard InChI is InChI=1S/C22H22N4O5S/c23-11-5-13-26(14-6-12-24)21(27)17-31-22(28)19-9-4-10-20(15-19)32(29,30)25-16-18-7-2-1-3-8-18/h1-4,7-10,15,25H,5-6,13-14,16-17H2. The summed E-state index contributed by atoms with van der Waals surface area (Å²) >= 11 is 0. The summed E-state index contributed by atoms with van der Waals surface area (Å²) in [7, 11) is -3.87. The molecule has 0 bridgehead atoms. The van der Waals surface area contributed by atoms with Gasteiger partial charge in [0.15, 0.2) is 6.61 Å². The molecule has 0 fully saturated rings. The van der Waals surface area contributed by atoms with Crippen molar-refractivity contribution in [2.45, 2.75) is 24.3 Å². The quantitative estimate of drug-likeness (QED) is 0.512. The van der Waals surface area contributed by atoms with Crippen molar-refractivity contribution in [2.75, 3.05) is 19.7 Å². The predicted octanol–water partition coefficient (Wildman–Crippen LogP) is 1.98. The van der Waals surface area contributed by atoms with Gasteiger partial charge in [-0.1, -0.05) is 36.4 Å². The van der Waals surface area contributed by atoms with Crippen molar-refractivity contribution in [3.8, 4) is 12.1 Å². The number of amides is 1. The van der Waals surface area contributed by atoms with E-state index in [2.05, 4.69) is 4.72 Å². The highest BCUT2D eigenvalue weighted by atomic mass is 32.2. The van der Waals surface area contributed by atoms with Crippen LogP contribution in [0.1, 0.15) is 28.8 Å². The average molecular weight is 455 g/mol. The summed E-state index contributed by atoms with van der Waals surface area (Å²) in [5.74, 6) is -1.41. The number of rotatable bonds is 11. The van der Waals surface area contributed by atoms with Crippen LogP contribution in [0.2, 0.25) is 0 Å². The Hall–Kier alpha value is -3.73. The minimum Gasteiger partial charge on any atom is -0.452 e. The molecule has 2 rings (SSSR count). The van der Waals surface area contributed by atoms with E-state index in [1.165, 1.54) is 29.2 Å². The SMILES string of the molecule is N#CCCN(CCC#N)C(=O)COC(=O)c1cccc(S(=O)(=O)NCc2ccccc2)c1. The lowest BCUT2D eigenvalue weighted by Gasteiger charge is -2.20.